The Hall–Kier alpha value is -3.35. The number of benzene rings is 2. The Kier molecular flexibility index (Phi) is 6.21. The molecule has 160 valence electrons. The zero-order valence-corrected chi connectivity index (χ0v) is 18.6. The van der Waals surface area contributed by atoms with Gasteiger partial charge >= 0.3 is 0 Å². The van der Waals surface area contributed by atoms with Crippen LogP contribution in [0.2, 0.25) is 0 Å². The van der Waals surface area contributed by atoms with Gasteiger partial charge in [-0.15, -0.1) is 5.10 Å². The third kappa shape index (κ3) is 4.71. The Morgan fingerprint density at radius 2 is 1.71 bits per heavy atom. The van der Waals surface area contributed by atoms with Gasteiger partial charge < -0.3 is 0 Å². The topological polar surface area (TPSA) is 85.2 Å². The van der Waals surface area contributed by atoms with E-state index in [1.807, 2.05) is 18.2 Å². The van der Waals surface area contributed by atoms with Crippen molar-refractivity contribution in [1.29, 1.82) is 0 Å². The molecule has 2 heterocycles. The molecule has 0 spiro atoms. The van der Waals surface area contributed by atoms with E-state index in [1.165, 1.54) is 5.56 Å². The molecule has 1 N–H and O–H groups in total. The van der Waals surface area contributed by atoms with E-state index in [1.54, 1.807) is 0 Å². The van der Waals surface area contributed by atoms with Crippen LogP contribution in [0.4, 0.5) is 0 Å². The molecule has 31 heavy (non-hydrogen) atoms. The number of tetrazole rings is 1. The van der Waals surface area contributed by atoms with Gasteiger partial charge in [0.05, 0.1) is 6.04 Å². The number of H-pyrrole nitrogens is 1. The second-order valence-corrected chi connectivity index (χ2v) is 8.41. The van der Waals surface area contributed by atoms with E-state index in [-0.39, 0.29) is 0 Å². The van der Waals surface area contributed by atoms with Crippen LogP contribution in [0, 0.1) is 5.92 Å². The molecule has 0 amide bonds. The van der Waals surface area contributed by atoms with Gasteiger partial charge in [0.25, 0.3) is 0 Å². The number of rotatable bonds is 8. The van der Waals surface area contributed by atoms with Crippen LogP contribution in [0.1, 0.15) is 57.4 Å². The lowest BCUT2D eigenvalue weighted by Crippen LogP contribution is -2.11. The van der Waals surface area contributed by atoms with Gasteiger partial charge in [-0.25, -0.2) is 14.8 Å². The summed E-state index contributed by atoms with van der Waals surface area (Å²) in [6, 6.07) is 17.1. The molecule has 2 aromatic heterocycles. The van der Waals surface area contributed by atoms with E-state index in [2.05, 4.69) is 83.3 Å². The van der Waals surface area contributed by atoms with Crippen LogP contribution in [0.3, 0.4) is 0 Å². The minimum atomic E-state index is 0.338. The van der Waals surface area contributed by atoms with Crippen molar-refractivity contribution in [3.05, 3.63) is 65.7 Å². The van der Waals surface area contributed by atoms with Crippen molar-refractivity contribution in [2.24, 2.45) is 5.92 Å². The number of nitrogens with one attached hydrogen (secondary N) is 1. The molecule has 0 aliphatic carbocycles. The van der Waals surface area contributed by atoms with Gasteiger partial charge in [-0.3, -0.25) is 0 Å². The lowest BCUT2D eigenvalue weighted by atomic mass is 9.98. The monoisotopic (exact) mass is 415 g/mol. The van der Waals surface area contributed by atoms with Crippen LogP contribution in [0.5, 0.6) is 0 Å². The second kappa shape index (κ2) is 9.20. The Balaban J connectivity index is 1.60. The van der Waals surface area contributed by atoms with E-state index >= 15 is 0 Å². The first-order valence-electron chi connectivity index (χ1n) is 10.9. The Morgan fingerprint density at radius 3 is 2.35 bits per heavy atom. The van der Waals surface area contributed by atoms with Crippen LogP contribution in [0.15, 0.2) is 48.5 Å². The normalized spacial score (nSPS) is 12.4. The summed E-state index contributed by atoms with van der Waals surface area (Å²) in [5, 5.41) is 19.1. The average molecular weight is 416 g/mol. The molecule has 0 saturated heterocycles. The Morgan fingerprint density at radius 1 is 0.968 bits per heavy atom. The third-order valence-corrected chi connectivity index (χ3v) is 5.50. The fourth-order valence-electron chi connectivity index (χ4n) is 3.70. The van der Waals surface area contributed by atoms with Crippen molar-refractivity contribution in [3.8, 4) is 22.5 Å². The highest BCUT2D eigenvalue weighted by Crippen LogP contribution is 2.30. The highest BCUT2D eigenvalue weighted by Gasteiger charge is 2.16. The lowest BCUT2D eigenvalue weighted by molar-refractivity contribution is 0.455. The van der Waals surface area contributed by atoms with E-state index in [4.69, 9.17) is 10.1 Å². The fraction of sp³-hybridized carbons (Fsp3) is 0.375. The van der Waals surface area contributed by atoms with Crippen molar-refractivity contribution in [2.75, 3.05) is 0 Å². The van der Waals surface area contributed by atoms with Crippen LogP contribution in [-0.4, -0.2) is 35.4 Å². The van der Waals surface area contributed by atoms with E-state index in [0.717, 1.165) is 47.6 Å². The standard InChI is InChI=1S/C24H29N7/c1-5-17(4)31-23(25-22(28-31)14-16(2)3)15-18-10-12-19(13-11-18)20-8-6-7-9-21(20)24-26-29-30-27-24/h6-13,16-17H,5,14-15H2,1-4H3,(H,26,27,29,30). The Bertz CT molecular complexity index is 1110. The first-order chi connectivity index (χ1) is 15.0. The zero-order valence-electron chi connectivity index (χ0n) is 18.6. The zero-order chi connectivity index (χ0) is 21.8. The largest absolute Gasteiger partial charge is 0.247 e. The number of nitrogens with zero attached hydrogens (tertiary/aromatic N) is 6. The second-order valence-electron chi connectivity index (χ2n) is 8.41. The predicted octanol–water partition coefficient (Wildman–Crippen LogP) is 4.89. The molecule has 7 nitrogen and oxygen atoms in total. The number of hydrogen-bond donors (Lipinski definition) is 1. The highest BCUT2D eigenvalue weighted by atomic mass is 15.5. The molecule has 0 aliphatic heterocycles. The molecule has 1 atom stereocenters. The molecule has 4 aromatic rings. The van der Waals surface area contributed by atoms with Crippen molar-refractivity contribution < 1.29 is 0 Å². The molecule has 1 unspecified atom stereocenters. The summed E-state index contributed by atoms with van der Waals surface area (Å²) in [6.45, 7) is 8.80. The molecule has 7 heteroatoms. The van der Waals surface area contributed by atoms with Gasteiger partial charge in [-0.05, 0) is 46.4 Å². The maximum absolute atomic E-state index is 4.87. The minimum Gasteiger partial charge on any atom is -0.247 e. The summed E-state index contributed by atoms with van der Waals surface area (Å²) >= 11 is 0. The predicted molar refractivity (Wildman–Crippen MR) is 121 cm³/mol. The highest BCUT2D eigenvalue weighted by molar-refractivity contribution is 5.80. The van der Waals surface area contributed by atoms with E-state index in [0.29, 0.717) is 17.8 Å². The molecular formula is C24H29N7. The molecule has 2 aromatic carbocycles. The Labute approximate surface area is 182 Å². The van der Waals surface area contributed by atoms with Crippen molar-refractivity contribution in [1.82, 2.24) is 35.4 Å². The SMILES string of the molecule is CCC(C)n1nc(CC(C)C)nc1Cc1ccc(-c2ccccc2-c2nnn[nH]2)cc1. The molecule has 0 saturated carbocycles. The van der Waals surface area contributed by atoms with Crippen molar-refractivity contribution in [2.45, 2.75) is 53.0 Å². The minimum absolute atomic E-state index is 0.338. The molecule has 0 fully saturated rings. The maximum Gasteiger partial charge on any atom is 0.180 e. The van der Waals surface area contributed by atoms with Gasteiger partial charge in [0, 0.05) is 18.4 Å². The van der Waals surface area contributed by atoms with Gasteiger partial charge in [0.1, 0.15) is 5.82 Å². The fourth-order valence-corrected chi connectivity index (χ4v) is 3.70. The number of aromatic amines is 1. The first kappa shape index (κ1) is 20.9. The van der Waals surface area contributed by atoms with Gasteiger partial charge in [-0.2, -0.15) is 5.10 Å². The van der Waals surface area contributed by atoms with Gasteiger partial charge in [0.15, 0.2) is 11.6 Å². The van der Waals surface area contributed by atoms with Gasteiger partial charge in [-0.1, -0.05) is 69.3 Å². The third-order valence-electron chi connectivity index (χ3n) is 5.50. The molecule has 4 rings (SSSR count). The van der Waals surface area contributed by atoms with Crippen molar-refractivity contribution in [3.63, 3.8) is 0 Å². The number of aromatic nitrogens is 7. The van der Waals surface area contributed by atoms with Crippen LogP contribution >= 0.6 is 0 Å². The molecule has 0 radical (unpaired) electrons. The quantitative estimate of drug-likeness (QED) is 0.443. The number of hydrogen-bond acceptors (Lipinski definition) is 5. The smallest absolute Gasteiger partial charge is 0.180 e. The van der Waals surface area contributed by atoms with E-state index < -0.39 is 0 Å². The molecular weight excluding hydrogens is 386 g/mol. The summed E-state index contributed by atoms with van der Waals surface area (Å²) in [5.41, 5.74) is 4.42. The van der Waals surface area contributed by atoms with Crippen molar-refractivity contribution >= 4 is 0 Å². The molecule has 0 bridgehead atoms. The maximum atomic E-state index is 4.87. The van der Waals surface area contributed by atoms with E-state index in [9.17, 15) is 0 Å². The average Bonchev–Trinajstić information content (AvgIpc) is 3.44. The lowest BCUT2D eigenvalue weighted by Gasteiger charge is -2.12. The summed E-state index contributed by atoms with van der Waals surface area (Å²) in [6.07, 6.45) is 2.70. The van der Waals surface area contributed by atoms with Crippen LogP contribution < -0.4 is 0 Å². The first-order valence-corrected chi connectivity index (χ1v) is 10.9. The molecule has 0 aliphatic rings. The summed E-state index contributed by atoms with van der Waals surface area (Å²) < 4.78 is 2.11. The summed E-state index contributed by atoms with van der Waals surface area (Å²) in [7, 11) is 0. The van der Waals surface area contributed by atoms with Crippen LogP contribution in [-0.2, 0) is 12.8 Å². The van der Waals surface area contributed by atoms with Crippen LogP contribution in [0.25, 0.3) is 22.5 Å². The van der Waals surface area contributed by atoms with Gasteiger partial charge in [0.2, 0.25) is 0 Å². The summed E-state index contributed by atoms with van der Waals surface area (Å²) in [4.78, 5) is 4.87. The summed E-state index contributed by atoms with van der Waals surface area (Å²) in [5.74, 6) is 3.18.